The molecule has 0 N–H and O–H groups in total. The number of aromatic nitrogens is 3. The maximum Gasteiger partial charge on any atom is 0.160 e. The zero-order valence-corrected chi connectivity index (χ0v) is 28.9. The van der Waals surface area contributed by atoms with E-state index in [1.165, 1.54) is 0 Å². The first-order valence-corrected chi connectivity index (χ1v) is 18.0. The summed E-state index contributed by atoms with van der Waals surface area (Å²) < 4.78 is 12.8. The zero-order valence-electron chi connectivity index (χ0n) is 28.9. The first-order chi connectivity index (χ1) is 26.7. The number of hydrogen-bond acceptors (Lipinski definition) is 5. The standard InChI is InChI=1S/C49H29N3O2/c1-3-12-31(13-4-1)40-29-41(35-18-11-21-44-45(35)37-17-8-10-20-42(37)53-44)52-49(51-40)33-24-22-30(23-25-33)34-26-27-43-38(28-34)46-47(32-14-5-2-6-15-32)50-39-19-9-7-16-36(39)48(46)54-43/h1-29H. The first-order valence-electron chi connectivity index (χ1n) is 18.0. The van der Waals surface area contributed by atoms with Crippen molar-refractivity contribution in [1.29, 1.82) is 0 Å². The minimum Gasteiger partial charge on any atom is -0.456 e. The Hall–Kier alpha value is -7.37. The molecule has 0 unspecified atom stereocenters. The van der Waals surface area contributed by atoms with Crippen LogP contribution < -0.4 is 0 Å². The highest BCUT2D eigenvalue weighted by Crippen LogP contribution is 2.41. The van der Waals surface area contributed by atoms with Crippen LogP contribution in [0.25, 0.3) is 111 Å². The lowest BCUT2D eigenvalue weighted by atomic mass is 9.98. The minimum atomic E-state index is 0.657. The van der Waals surface area contributed by atoms with Crippen molar-refractivity contribution < 1.29 is 8.83 Å². The Labute approximate surface area is 309 Å². The minimum absolute atomic E-state index is 0.657. The third-order valence-corrected chi connectivity index (χ3v) is 10.3. The summed E-state index contributed by atoms with van der Waals surface area (Å²) in [6, 6.07) is 60.1. The largest absolute Gasteiger partial charge is 0.456 e. The van der Waals surface area contributed by atoms with Gasteiger partial charge >= 0.3 is 0 Å². The Morgan fingerprint density at radius 3 is 1.83 bits per heavy atom. The fraction of sp³-hybridized carbons (Fsp3) is 0. The van der Waals surface area contributed by atoms with Crippen LogP contribution in [0.1, 0.15) is 0 Å². The molecule has 252 valence electrons. The number of furan rings is 2. The van der Waals surface area contributed by atoms with Crippen molar-refractivity contribution in [2.75, 3.05) is 0 Å². The molecular weight excluding hydrogens is 663 g/mol. The van der Waals surface area contributed by atoms with E-state index in [2.05, 4.69) is 103 Å². The van der Waals surface area contributed by atoms with Gasteiger partial charge in [-0.05, 0) is 53.6 Å². The summed E-state index contributed by atoms with van der Waals surface area (Å²) in [6.07, 6.45) is 0. The SMILES string of the molecule is c1ccc(-c2cc(-c3cccc4oc5ccccc5c34)nc(-c3ccc(-c4ccc5oc6c7ccccc7nc(-c7ccccc7)c6c5c4)cc3)n2)cc1. The van der Waals surface area contributed by atoms with Gasteiger partial charge in [0.2, 0.25) is 0 Å². The maximum absolute atomic E-state index is 6.57. The molecule has 0 amide bonds. The molecule has 0 fully saturated rings. The van der Waals surface area contributed by atoms with Crippen LogP contribution >= 0.6 is 0 Å². The average Bonchev–Trinajstić information content (AvgIpc) is 3.83. The lowest BCUT2D eigenvalue weighted by Gasteiger charge is -2.11. The maximum atomic E-state index is 6.57. The highest BCUT2D eigenvalue weighted by atomic mass is 16.3. The second-order valence-electron chi connectivity index (χ2n) is 13.5. The molecule has 0 radical (unpaired) electrons. The van der Waals surface area contributed by atoms with Crippen LogP contribution in [0.15, 0.2) is 185 Å². The summed E-state index contributed by atoms with van der Waals surface area (Å²) in [4.78, 5) is 15.5. The molecule has 0 aliphatic rings. The van der Waals surface area contributed by atoms with Gasteiger partial charge in [0.1, 0.15) is 22.3 Å². The summed E-state index contributed by atoms with van der Waals surface area (Å²) in [6.45, 7) is 0. The molecule has 54 heavy (non-hydrogen) atoms. The molecule has 0 saturated heterocycles. The highest BCUT2D eigenvalue weighted by Gasteiger charge is 2.19. The predicted octanol–water partition coefficient (Wildman–Crippen LogP) is 13.2. The van der Waals surface area contributed by atoms with E-state index in [1.54, 1.807) is 0 Å². The van der Waals surface area contributed by atoms with Crippen molar-refractivity contribution in [3.63, 3.8) is 0 Å². The van der Waals surface area contributed by atoms with Crippen molar-refractivity contribution in [1.82, 2.24) is 15.0 Å². The molecule has 5 nitrogen and oxygen atoms in total. The fourth-order valence-corrected chi connectivity index (χ4v) is 7.72. The van der Waals surface area contributed by atoms with Gasteiger partial charge in [0.05, 0.1) is 28.0 Å². The van der Waals surface area contributed by atoms with Crippen LogP contribution in [0.2, 0.25) is 0 Å². The molecule has 0 aliphatic heterocycles. The number of hydrogen-bond donors (Lipinski definition) is 0. The van der Waals surface area contributed by atoms with E-state index in [-0.39, 0.29) is 0 Å². The third-order valence-electron chi connectivity index (χ3n) is 10.3. The number of pyridine rings is 1. The number of rotatable bonds is 5. The quantitative estimate of drug-likeness (QED) is 0.180. The van der Waals surface area contributed by atoms with Gasteiger partial charge in [-0.15, -0.1) is 0 Å². The van der Waals surface area contributed by atoms with Gasteiger partial charge < -0.3 is 8.83 Å². The fourth-order valence-electron chi connectivity index (χ4n) is 7.72. The van der Waals surface area contributed by atoms with Gasteiger partial charge in [-0.2, -0.15) is 0 Å². The Bertz CT molecular complexity index is 3200. The molecule has 4 aromatic heterocycles. The van der Waals surface area contributed by atoms with Crippen LogP contribution in [-0.2, 0) is 0 Å². The van der Waals surface area contributed by atoms with E-state index in [0.29, 0.717) is 5.82 Å². The summed E-state index contributed by atoms with van der Waals surface area (Å²) >= 11 is 0. The van der Waals surface area contributed by atoms with Gasteiger partial charge in [-0.3, -0.25) is 0 Å². The van der Waals surface area contributed by atoms with E-state index < -0.39 is 0 Å². The Morgan fingerprint density at radius 1 is 0.352 bits per heavy atom. The number of para-hydroxylation sites is 2. The van der Waals surface area contributed by atoms with Crippen LogP contribution in [0.5, 0.6) is 0 Å². The molecule has 0 aliphatic carbocycles. The summed E-state index contributed by atoms with van der Waals surface area (Å²) in [7, 11) is 0. The van der Waals surface area contributed by atoms with Crippen LogP contribution in [0.3, 0.4) is 0 Å². The molecule has 0 bridgehead atoms. The van der Waals surface area contributed by atoms with Crippen molar-refractivity contribution in [3.05, 3.63) is 176 Å². The highest BCUT2D eigenvalue weighted by molar-refractivity contribution is 6.19. The van der Waals surface area contributed by atoms with Crippen LogP contribution in [0, 0.1) is 0 Å². The average molecular weight is 692 g/mol. The third kappa shape index (κ3) is 4.90. The first kappa shape index (κ1) is 30.3. The second-order valence-corrected chi connectivity index (χ2v) is 13.5. The Balaban J connectivity index is 1.04. The lowest BCUT2D eigenvalue weighted by Crippen LogP contribution is -1.96. The van der Waals surface area contributed by atoms with Crippen molar-refractivity contribution >= 4 is 54.8 Å². The molecule has 0 spiro atoms. The van der Waals surface area contributed by atoms with E-state index in [4.69, 9.17) is 23.8 Å². The Kier molecular flexibility index (Phi) is 6.79. The van der Waals surface area contributed by atoms with E-state index >= 15 is 0 Å². The predicted molar refractivity (Wildman–Crippen MR) is 219 cm³/mol. The molecular formula is C49H29N3O2. The molecule has 11 rings (SSSR count). The molecule has 0 saturated carbocycles. The molecule has 0 atom stereocenters. The van der Waals surface area contributed by atoms with Gasteiger partial charge in [0, 0.05) is 43.8 Å². The van der Waals surface area contributed by atoms with Crippen LogP contribution in [0.4, 0.5) is 0 Å². The van der Waals surface area contributed by atoms with Crippen molar-refractivity contribution in [2.45, 2.75) is 0 Å². The topological polar surface area (TPSA) is 65.0 Å². The lowest BCUT2D eigenvalue weighted by molar-refractivity contribution is 0.669. The normalized spacial score (nSPS) is 11.7. The second kappa shape index (κ2) is 12.1. The van der Waals surface area contributed by atoms with E-state index in [9.17, 15) is 0 Å². The van der Waals surface area contributed by atoms with Crippen molar-refractivity contribution in [2.24, 2.45) is 0 Å². The van der Waals surface area contributed by atoms with Gasteiger partial charge in [0.25, 0.3) is 0 Å². The van der Waals surface area contributed by atoms with Crippen molar-refractivity contribution in [3.8, 4) is 56.3 Å². The smallest absolute Gasteiger partial charge is 0.160 e. The number of benzene rings is 7. The number of fused-ring (bicyclic) bond motifs is 8. The van der Waals surface area contributed by atoms with E-state index in [0.717, 1.165) is 105 Å². The zero-order chi connectivity index (χ0) is 35.6. The molecule has 11 aromatic rings. The summed E-state index contributed by atoms with van der Waals surface area (Å²) in [5.41, 5.74) is 13.1. The van der Waals surface area contributed by atoms with Gasteiger partial charge in [-0.25, -0.2) is 15.0 Å². The van der Waals surface area contributed by atoms with Gasteiger partial charge in [-0.1, -0.05) is 133 Å². The Morgan fingerprint density at radius 2 is 1.00 bits per heavy atom. The summed E-state index contributed by atoms with van der Waals surface area (Å²) in [5.74, 6) is 0.657. The molecule has 5 heteroatoms. The molecule has 7 aromatic carbocycles. The number of nitrogens with zero attached hydrogens (tertiary/aromatic N) is 3. The molecule has 4 heterocycles. The van der Waals surface area contributed by atoms with E-state index in [1.807, 2.05) is 72.8 Å². The van der Waals surface area contributed by atoms with Gasteiger partial charge in [0.15, 0.2) is 5.82 Å². The monoisotopic (exact) mass is 691 g/mol. The summed E-state index contributed by atoms with van der Waals surface area (Å²) in [5, 5.41) is 5.17. The van der Waals surface area contributed by atoms with Crippen LogP contribution in [-0.4, -0.2) is 15.0 Å².